The summed E-state index contributed by atoms with van der Waals surface area (Å²) < 4.78 is 0. The van der Waals surface area contributed by atoms with Crippen LogP contribution in [0.25, 0.3) is 33.0 Å². The Morgan fingerprint density at radius 3 is 2.08 bits per heavy atom. The minimum atomic E-state index is 0.272. The minimum Gasteiger partial charge on any atom is -0.335 e. The second-order valence-corrected chi connectivity index (χ2v) is 12.4. The normalized spacial score (nSPS) is 25.2. The molecule has 4 atom stereocenters. The molecular formula is C38H35N. The highest BCUT2D eigenvalue weighted by Crippen LogP contribution is 2.61. The van der Waals surface area contributed by atoms with Crippen molar-refractivity contribution in [1.29, 1.82) is 0 Å². The van der Waals surface area contributed by atoms with Gasteiger partial charge < -0.3 is 4.90 Å². The van der Waals surface area contributed by atoms with Crippen molar-refractivity contribution in [2.45, 2.75) is 44.1 Å². The third-order valence-electron chi connectivity index (χ3n) is 10.1. The van der Waals surface area contributed by atoms with Gasteiger partial charge in [-0.25, -0.2) is 0 Å². The molecule has 0 aliphatic heterocycles. The van der Waals surface area contributed by atoms with Gasteiger partial charge in [0.25, 0.3) is 0 Å². The van der Waals surface area contributed by atoms with Crippen molar-refractivity contribution in [2.24, 2.45) is 17.8 Å². The third kappa shape index (κ3) is 3.90. The molecule has 0 radical (unpaired) electrons. The maximum atomic E-state index is 2.74. The quantitative estimate of drug-likeness (QED) is 0.230. The number of hydrogen-bond acceptors (Lipinski definition) is 1. The number of fused-ring (bicyclic) bond motifs is 3. The van der Waals surface area contributed by atoms with E-state index in [4.69, 9.17) is 0 Å². The van der Waals surface area contributed by atoms with Crippen LogP contribution < -0.4 is 4.90 Å². The third-order valence-corrected chi connectivity index (χ3v) is 10.1. The second kappa shape index (κ2) is 9.12. The van der Waals surface area contributed by atoms with Gasteiger partial charge in [0.05, 0.1) is 0 Å². The van der Waals surface area contributed by atoms with Crippen molar-refractivity contribution < 1.29 is 0 Å². The van der Waals surface area contributed by atoms with Gasteiger partial charge in [0.1, 0.15) is 0 Å². The Morgan fingerprint density at radius 1 is 0.538 bits per heavy atom. The van der Waals surface area contributed by atoms with Crippen molar-refractivity contribution in [3.8, 4) is 22.3 Å². The van der Waals surface area contributed by atoms with Gasteiger partial charge in [0, 0.05) is 16.9 Å². The number of hydrogen-bond donors (Lipinski definition) is 0. The first kappa shape index (κ1) is 23.1. The fourth-order valence-electron chi connectivity index (χ4n) is 8.57. The smallest absolute Gasteiger partial charge is 0.0459 e. The van der Waals surface area contributed by atoms with Crippen LogP contribution in [0.1, 0.15) is 38.5 Å². The maximum Gasteiger partial charge on any atom is 0.0459 e. The van der Waals surface area contributed by atoms with Crippen molar-refractivity contribution in [1.82, 2.24) is 0 Å². The zero-order valence-electron chi connectivity index (χ0n) is 22.5. The van der Waals surface area contributed by atoms with Crippen LogP contribution in [-0.4, -0.2) is 5.54 Å². The van der Waals surface area contributed by atoms with E-state index in [0.29, 0.717) is 0 Å². The Hall–Kier alpha value is -3.84. The summed E-state index contributed by atoms with van der Waals surface area (Å²) in [7, 11) is 0. The summed E-state index contributed by atoms with van der Waals surface area (Å²) in [6.07, 6.45) is 8.44. The first-order valence-corrected chi connectivity index (χ1v) is 14.8. The van der Waals surface area contributed by atoms with Gasteiger partial charge in [-0.15, -0.1) is 0 Å². The van der Waals surface area contributed by atoms with Crippen LogP contribution in [0.2, 0.25) is 0 Å². The second-order valence-electron chi connectivity index (χ2n) is 12.4. The number of anilines is 2. The molecule has 3 aliphatic carbocycles. The Labute approximate surface area is 232 Å². The Bertz CT molecular complexity index is 1620. The van der Waals surface area contributed by atoms with E-state index in [1.807, 2.05) is 0 Å². The van der Waals surface area contributed by atoms with Gasteiger partial charge in [-0.05, 0) is 113 Å². The van der Waals surface area contributed by atoms with Crippen LogP contribution in [0, 0.1) is 17.8 Å². The first-order chi connectivity index (χ1) is 19.3. The lowest BCUT2D eigenvalue weighted by Crippen LogP contribution is -2.47. The van der Waals surface area contributed by atoms with Gasteiger partial charge in [0.2, 0.25) is 0 Å². The molecule has 5 aromatic carbocycles. The highest BCUT2D eigenvalue weighted by molar-refractivity contribution is 5.98. The van der Waals surface area contributed by atoms with E-state index in [2.05, 4.69) is 126 Å². The van der Waals surface area contributed by atoms with Gasteiger partial charge in [-0.3, -0.25) is 0 Å². The Balaban J connectivity index is 1.16. The molecule has 0 N–H and O–H groups in total. The lowest BCUT2D eigenvalue weighted by molar-refractivity contribution is 0.165. The monoisotopic (exact) mass is 505 g/mol. The largest absolute Gasteiger partial charge is 0.335 e. The van der Waals surface area contributed by atoms with E-state index in [1.165, 1.54) is 82.9 Å². The molecule has 39 heavy (non-hydrogen) atoms. The van der Waals surface area contributed by atoms with E-state index >= 15 is 0 Å². The molecule has 3 aliphatic rings. The molecule has 3 fully saturated rings. The van der Waals surface area contributed by atoms with Crippen LogP contribution in [0.5, 0.6) is 0 Å². The topological polar surface area (TPSA) is 3.24 Å². The van der Waals surface area contributed by atoms with Gasteiger partial charge in [0.15, 0.2) is 0 Å². The molecule has 0 spiro atoms. The summed E-state index contributed by atoms with van der Waals surface area (Å²) in [5, 5.41) is 2.60. The molecule has 0 aromatic heterocycles. The Kier molecular flexibility index (Phi) is 5.40. The van der Waals surface area contributed by atoms with Gasteiger partial charge >= 0.3 is 0 Å². The molecule has 0 saturated heterocycles. The summed E-state index contributed by atoms with van der Waals surface area (Å²) in [4.78, 5) is 2.74. The summed E-state index contributed by atoms with van der Waals surface area (Å²) in [5.74, 6) is 2.76. The molecular weight excluding hydrogens is 470 g/mol. The molecule has 0 heterocycles. The number of rotatable bonds is 5. The molecule has 192 valence electrons. The predicted octanol–water partition coefficient (Wildman–Crippen LogP) is 10.3. The molecule has 5 aromatic rings. The minimum absolute atomic E-state index is 0.272. The van der Waals surface area contributed by atoms with Crippen molar-refractivity contribution >= 4 is 22.1 Å². The van der Waals surface area contributed by atoms with Crippen LogP contribution in [0.4, 0.5) is 11.4 Å². The standard InChI is InChI=1S/C38H35N/c1-3-8-29(9-4-1)36-13-7-10-31-23-30(18-21-37(31)36)28-16-19-35(20-17-28)39(34-11-5-2-6-12-34)38-24-27-14-15-32(25-38)33(22-27)26-38/h1-13,16-21,23,27,32-33H,14-15,22,24-26H2. The average Bonchev–Trinajstić information content (AvgIpc) is 3.16. The van der Waals surface area contributed by atoms with Crippen molar-refractivity contribution in [3.05, 3.63) is 121 Å². The van der Waals surface area contributed by atoms with Crippen molar-refractivity contribution in [2.75, 3.05) is 4.90 Å². The average molecular weight is 506 g/mol. The fourth-order valence-corrected chi connectivity index (χ4v) is 8.57. The lowest BCUT2D eigenvalue weighted by Gasteiger charge is -2.48. The number of benzene rings is 5. The summed E-state index contributed by atoms with van der Waals surface area (Å²) in [6, 6.07) is 44.9. The van der Waals surface area contributed by atoms with Gasteiger partial charge in [-0.1, -0.05) is 97.4 Å². The first-order valence-electron chi connectivity index (χ1n) is 14.8. The molecule has 4 unspecified atom stereocenters. The van der Waals surface area contributed by atoms with E-state index in [1.54, 1.807) is 0 Å². The molecule has 0 amide bonds. The predicted molar refractivity (Wildman–Crippen MR) is 164 cm³/mol. The number of nitrogens with zero attached hydrogens (tertiary/aromatic N) is 1. The molecule has 3 saturated carbocycles. The molecule has 8 rings (SSSR count). The summed E-state index contributed by atoms with van der Waals surface area (Å²) in [5.41, 5.74) is 8.10. The number of para-hydroxylation sites is 1. The summed E-state index contributed by atoms with van der Waals surface area (Å²) in [6.45, 7) is 0. The maximum absolute atomic E-state index is 2.74. The Morgan fingerprint density at radius 2 is 1.26 bits per heavy atom. The van der Waals surface area contributed by atoms with Gasteiger partial charge in [-0.2, -0.15) is 0 Å². The zero-order chi connectivity index (χ0) is 25.8. The molecule has 3 bridgehead atoms. The van der Waals surface area contributed by atoms with Crippen LogP contribution >= 0.6 is 0 Å². The van der Waals surface area contributed by atoms with E-state index in [0.717, 1.165) is 17.8 Å². The fraction of sp³-hybridized carbons (Fsp3) is 0.263. The van der Waals surface area contributed by atoms with E-state index in [9.17, 15) is 0 Å². The highest BCUT2D eigenvalue weighted by Gasteiger charge is 2.55. The van der Waals surface area contributed by atoms with E-state index < -0.39 is 0 Å². The molecule has 1 nitrogen and oxygen atoms in total. The summed E-state index contributed by atoms with van der Waals surface area (Å²) >= 11 is 0. The van der Waals surface area contributed by atoms with Crippen LogP contribution in [0.3, 0.4) is 0 Å². The molecule has 1 heteroatoms. The lowest BCUT2D eigenvalue weighted by atomic mass is 9.70. The van der Waals surface area contributed by atoms with Crippen LogP contribution in [0.15, 0.2) is 121 Å². The SMILES string of the molecule is c1ccc(-c2cccc3cc(-c4ccc(N(c5ccccc5)C56CC7CCC(C5)C(C7)C6)cc4)ccc23)cc1. The highest BCUT2D eigenvalue weighted by atomic mass is 15.2. The van der Waals surface area contributed by atoms with Crippen LogP contribution in [-0.2, 0) is 0 Å². The van der Waals surface area contributed by atoms with Crippen molar-refractivity contribution in [3.63, 3.8) is 0 Å². The zero-order valence-corrected chi connectivity index (χ0v) is 22.5. The van der Waals surface area contributed by atoms with E-state index in [-0.39, 0.29) is 5.54 Å².